The van der Waals surface area contributed by atoms with E-state index in [0.29, 0.717) is 18.8 Å². The molecule has 2 N–H and O–H groups in total. The number of hydrogen-bond acceptors (Lipinski definition) is 4. The van der Waals surface area contributed by atoms with Gasteiger partial charge < -0.3 is 25.0 Å². The van der Waals surface area contributed by atoms with Crippen LogP contribution >= 0.6 is 0 Å². The summed E-state index contributed by atoms with van der Waals surface area (Å²) in [5.74, 6) is -0.358. The van der Waals surface area contributed by atoms with Crippen molar-refractivity contribution in [1.82, 2.24) is 15.1 Å². The van der Waals surface area contributed by atoms with E-state index in [1.165, 1.54) is 4.90 Å². The number of hydrogen-bond donors (Lipinski definition) is 2. The predicted molar refractivity (Wildman–Crippen MR) is 87.8 cm³/mol. The highest BCUT2D eigenvalue weighted by Gasteiger charge is 2.22. The lowest BCUT2D eigenvalue weighted by atomic mass is 10.1. The van der Waals surface area contributed by atoms with Gasteiger partial charge in [0, 0.05) is 26.6 Å². The molecule has 0 aliphatic heterocycles. The average molecular weight is 323 g/mol. The molecule has 0 unspecified atom stereocenters. The lowest BCUT2D eigenvalue weighted by molar-refractivity contribution is -0.139. The van der Waals surface area contributed by atoms with Gasteiger partial charge in [-0.25, -0.2) is 9.59 Å². The summed E-state index contributed by atoms with van der Waals surface area (Å²) in [7, 11) is 7.04. The molecule has 0 radical (unpaired) electrons. The SMILES string of the molecule is COc1ccc(C[C@H](NC(=O)N(C)CCN(C)C)C(=O)O)cc1. The molecule has 1 aromatic rings. The summed E-state index contributed by atoms with van der Waals surface area (Å²) >= 11 is 0. The number of carboxylic acid groups (broad SMARTS) is 1. The molecular formula is C16H25N3O4. The molecule has 7 nitrogen and oxygen atoms in total. The number of nitrogens with zero attached hydrogens (tertiary/aromatic N) is 2. The molecule has 0 fully saturated rings. The highest BCUT2D eigenvalue weighted by molar-refractivity contribution is 5.82. The molecule has 0 saturated carbocycles. The van der Waals surface area contributed by atoms with Crippen LogP contribution in [0.1, 0.15) is 5.56 Å². The van der Waals surface area contributed by atoms with Gasteiger partial charge in [0.05, 0.1) is 7.11 Å². The van der Waals surface area contributed by atoms with Gasteiger partial charge >= 0.3 is 12.0 Å². The summed E-state index contributed by atoms with van der Waals surface area (Å²) in [6.45, 7) is 1.23. The monoisotopic (exact) mass is 323 g/mol. The third-order valence-corrected chi connectivity index (χ3v) is 3.42. The fraction of sp³-hybridized carbons (Fsp3) is 0.500. The Morgan fingerprint density at radius 1 is 1.17 bits per heavy atom. The van der Waals surface area contributed by atoms with E-state index < -0.39 is 18.0 Å². The van der Waals surface area contributed by atoms with E-state index >= 15 is 0 Å². The van der Waals surface area contributed by atoms with Crippen LogP contribution in [0.3, 0.4) is 0 Å². The van der Waals surface area contributed by atoms with Crippen LogP contribution in [0.25, 0.3) is 0 Å². The Labute approximate surface area is 136 Å². The van der Waals surface area contributed by atoms with Crippen LogP contribution < -0.4 is 10.1 Å². The molecule has 0 heterocycles. The summed E-state index contributed by atoms with van der Waals surface area (Å²) < 4.78 is 5.07. The van der Waals surface area contributed by atoms with Crippen LogP contribution in [0.2, 0.25) is 0 Å². The van der Waals surface area contributed by atoms with E-state index in [9.17, 15) is 14.7 Å². The molecule has 0 bridgehead atoms. The molecule has 0 spiro atoms. The molecule has 23 heavy (non-hydrogen) atoms. The van der Waals surface area contributed by atoms with Crippen molar-refractivity contribution in [1.29, 1.82) is 0 Å². The molecule has 1 rings (SSSR count). The third kappa shape index (κ3) is 6.56. The van der Waals surface area contributed by atoms with Crippen molar-refractivity contribution in [3.63, 3.8) is 0 Å². The number of rotatable bonds is 8. The number of ether oxygens (including phenoxy) is 1. The first-order chi connectivity index (χ1) is 10.8. The molecule has 0 aromatic heterocycles. The number of methoxy groups -OCH3 is 1. The molecule has 0 saturated heterocycles. The Morgan fingerprint density at radius 3 is 2.26 bits per heavy atom. The van der Waals surface area contributed by atoms with E-state index in [1.807, 2.05) is 19.0 Å². The zero-order valence-electron chi connectivity index (χ0n) is 14.1. The third-order valence-electron chi connectivity index (χ3n) is 3.42. The van der Waals surface area contributed by atoms with Crippen molar-refractivity contribution in [3.05, 3.63) is 29.8 Å². The Hall–Kier alpha value is -2.28. The zero-order valence-corrected chi connectivity index (χ0v) is 14.1. The van der Waals surface area contributed by atoms with E-state index in [1.54, 1.807) is 38.4 Å². The number of nitrogens with one attached hydrogen (secondary N) is 1. The maximum absolute atomic E-state index is 12.1. The van der Waals surface area contributed by atoms with Gasteiger partial charge in [0.25, 0.3) is 0 Å². The fourth-order valence-electron chi connectivity index (χ4n) is 1.91. The van der Waals surface area contributed by atoms with Gasteiger partial charge in [-0.3, -0.25) is 0 Å². The molecule has 128 valence electrons. The lowest BCUT2D eigenvalue weighted by Gasteiger charge is -2.23. The lowest BCUT2D eigenvalue weighted by Crippen LogP contribution is -2.48. The Balaban J connectivity index is 2.63. The Morgan fingerprint density at radius 2 is 1.78 bits per heavy atom. The van der Waals surface area contributed by atoms with Gasteiger partial charge in [0.15, 0.2) is 0 Å². The normalized spacial score (nSPS) is 11.9. The van der Waals surface area contributed by atoms with E-state index in [2.05, 4.69) is 5.32 Å². The Kier molecular flexibility index (Phi) is 7.34. The van der Waals surface area contributed by atoms with Crippen LogP contribution in [0.5, 0.6) is 5.75 Å². The first-order valence-electron chi connectivity index (χ1n) is 7.35. The summed E-state index contributed by atoms with van der Waals surface area (Å²) in [4.78, 5) is 26.9. The average Bonchev–Trinajstić information content (AvgIpc) is 2.52. The number of aliphatic carboxylic acids is 1. The zero-order chi connectivity index (χ0) is 17.4. The quantitative estimate of drug-likeness (QED) is 0.742. The molecule has 0 aliphatic carbocycles. The number of likely N-dealkylation sites (N-methyl/N-ethyl adjacent to an activating group) is 2. The van der Waals surface area contributed by atoms with Gasteiger partial charge in [0.2, 0.25) is 0 Å². The van der Waals surface area contributed by atoms with Crippen LogP contribution in [-0.4, -0.2) is 74.3 Å². The second-order valence-electron chi connectivity index (χ2n) is 5.62. The predicted octanol–water partition coefficient (Wildman–Crippen LogP) is 0.894. The first kappa shape index (κ1) is 18.8. The van der Waals surface area contributed by atoms with Crippen LogP contribution in [0.4, 0.5) is 4.79 Å². The maximum Gasteiger partial charge on any atom is 0.326 e. The van der Waals surface area contributed by atoms with Crippen LogP contribution in [0.15, 0.2) is 24.3 Å². The number of carboxylic acids is 1. The summed E-state index contributed by atoms with van der Waals surface area (Å²) in [5.41, 5.74) is 0.814. The number of benzene rings is 1. The van der Waals surface area contributed by atoms with Crippen molar-refractivity contribution >= 4 is 12.0 Å². The van der Waals surface area contributed by atoms with Crippen molar-refractivity contribution in [3.8, 4) is 5.75 Å². The largest absolute Gasteiger partial charge is 0.497 e. The molecular weight excluding hydrogens is 298 g/mol. The minimum Gasteiger partial charge on any atom is -0.497 e. The summed E-state index contributed by atoms with van der Waals surface area (Å²) in [5, 5.41) is 11.9. The van der Waals surface area contributed by atoms with Crippen molar-refractivity contribution in [2.75, 3.05) is 41.3 Å². The number of carbonyl (C=O) groups excluding carboxylic acids is 1. The van der Waals surface area contributed by atoms with E-state index in [0.717, 1.165) is 5.56 Å². The van der Waals surface area contributed by atoms with Crippen molar-refractivity contribution < 1.29 is 19.4 Å². The van der Waals surface area contributed by atoms with Gasteiger partial charge in [-0.15, -0.1) is 0 Å². The number of urea groups is 1. The summed E-state index contributed by atoms with van der Waals surface area (Å²) in [6, 6.07) is 5.73. The highest BCUT2D eigenvalue weighted by atomic mass is 16.5. The second kappa shape index (κ2) is 8.99. The van der Waals surface area contributed by atoms with Gasteiger partial charge in [0.1, 0.15) is 11.8 Å². The molecule has 1 aromatic carbocycles. The summed E-state index contributed by atoms with van der Waals surface area (Å²) in [6.07, 6.45) is 0.215. The Bertz CT molecular complexity index is 517. The smallest absolute Gasteiger partial charge is 0.326 e. The van der Waals surface area contributed by atoms with Gasteiger partial charge in [-0.2, -0.15) is 0 Å². The standard InChI is InChI=1S/C16H25N3O4/c1-18(2)9-10-19(3)16(22)17-14(15(20)21)11-12-5-7-13(23-4)8-6-12/h5-8,14H,9-11H2,1-4H3,(H,17,22)(H,20,21)/t14-/m0/s1. The van der Waals surface area contributed by atoms with Gasteiger partial charge in [-0.1, -0.05) is 12.1 Å². The topological polar surface area (TPSA) is 82.1 Å². The van der Waals surface area contributed by atoms with Crippen molar-refractivity contribution in [2.45, 2.75) is 12.5 Å². The molecule has 7 heteroatoms. The van der Waals surface area contributed by atoms with Crippen LogP contribution in [-0.2, 0) is 11.2 Å². The first-order valence-corrected chi connectivity index (χ1v) is 7.35. The second-order valence-corrected chi connectivity index (χ2v) is 5.62. The van der Waals surface area contributed by atoms with Crippen molar-refractivity contribution in [2.24, 2.45) is 0 Å². The maximum atomic E-state index is 12.1. The molecule has 1 atom stereocenters. The van der Waals surface area contributed by atoms with E-state index in [-0.39, 0.29) is 6.42 Å². The minimum absolute atomic E-state index is 0.215. The van der Waals surface area contributed by atoms with E-state index in [4.69, 9.17) is 4.74 Å². The molecule has 2 amide bonds. The number of carbonyl (C=O) groups is 2. The van der Waals surface area contributed by atoms with Crippen LogP contribution in [0, 0.1) is 0 Å². The van der Waals surface area contributed by atoms with Gasteiger partial charge in [-0.05, 0) is 31.8 Å². The highest BCUT2D eigenvalue weighted by Crippen LogP contribution is 2.13. The fourth-order valence-corrected chi connectivity index (χ4v) is 1.91. The molecule has 0 aliphatic rings. The minimum atomic E-state index is -1.06. The number of amides is 2.